The molecule has 0 radical (unpaired) electrons. The summed E-state index contributed by atoms with van der Waals surface area (Å²) in [5, 5.41) is 13.4. The lowest BCUT2D eigenvalue weighted by Crippen LogP contribution is -2.37. The highest BCUT2D eigenvalue weighted by molar-refractivity contribution is 5.79. The molecule has 0 unspecified atom stereocenters. The molecule has 18 heavy (non-hydrogen) atoms. The summed E-state index contributed by atoms with van der Waals surface area (Å²) in [6.07, 6.45) is 5.49. The molecule has 3 N–H and O–H groups in total. The smallest absolute Gasteiger partial charge is 0.191 e. The Morgan fingerprint density at radius 3 is 2.83 bits per heavy atom. The summed E-state index contributed by atoms with van der Waals surface area (Å²) in [5.74, 6) is 1.64. The molecule has 0 aliphatic rings. The van der Waals surface area contributed by atoms with Gasteiger partial charge < -0.3 is 10.6 Å². The van der Waals surface area contributed by atoms with E-state index in [1.165, 1.54) is 19.3 Å². The molecular formula is C13H25N5. The summed E-state index contributed by atoms with van der Waals surface area (Å²) in [6, 6.07) is 1.95. The predicted molar refractivity (Wildman–Crippen MR) is 75.5 cm³/mol. The monoisotopic (exact) mass is 251 g/mol. The van der Waals surface area contributed by atoms with E-state index in [-0.39, 0.29) is 0 Å². The maximum Gasteiger partial charge on any atom is 0.191 e. The largest absolute Gasteiger partial charge is 0.356 e. The molecule has 0 fully saturated rings. The Bertz CT molecular complexity index is 329. The van der Waals surface area contributed by atoms with Crippen molar-refractivity contribution < 1.29 is 0 Å². The second-order valence-corrected chi connectivity index (χ2v) is 4.82. The molecule has 0 spiro atoms. The van der Waals surface area contributed by atoms with Crippen LogP contribution in [-0.2, 0) is 6.54 Å². The first kappa shape index (κ1) is 14.5. The van der Waals surface area contributed by atoms with E-state index in [1.807, 2.05) is 6.07 Å². The lowest BCUT2D eigenvalue weighted by atomic mass is 10.1. The molecule has 5 heteroatoms. The zero-order valence-electron chi connectivity index (χ0n) is 11.7. The molecule has 1 aromatic rings. The van der Waals surface area contributed by atoms with Gasteiger partial charge >= 0.3 is 0 Å². The van der Waals surface area contributed by atoms with E-state index < -0.39 is 0 Å². The zero-order valence-corrected chi connectivity index (χ0v) is 11.7. The van der Waals surface area contributed by atoms with Gasteiger partial charge in [0.1, 0.15) is 0 Å². The quantitative estimate of drug-likeness (QED) is 0.394. The lowest BCUT2D eigenvalue weighted by Gasteiger charge is -2.11. The van der Waals surface area contributed by atoms with Crippen molar-refractivity contribution in [1.82, 2.24) is 20.8 Å². The van der Waals surface area contributed by atoms with Gasteiger partial charge in [-0.25, -0.2) is 0 Å². The molecular weight excluding hydrogens is 226 g/mol. The van der Waals surface area contributed by atoms with Crippen molar-refractivity contribution in [3.8, 4) is 0 Å². The van der Waals surface area contributed by atoms with Crippen LogP contribution in [0.4, 0.5) is 0 Å². The number of hydrogen-bond donors (Lipinski definition) is 3. The fraction of sp³-hybridized carbons (Fsp3) is 0.692. The molecule has 0 aliphatic carbocycles. The molecule has 0 aromatic carbocycles. The van der Waals surface area contributed by atoms with E-state index in [0.717, 1.165) is 24.1 Å². The van der Waals surface area contributed by atoms with Crippen molar-refractivity contribution in [3.05, 3.63) is 18.0 Å². The first-order valence-electron chi connectivity index (χ1n) is 6.65. The topological polar surface area (TPSA) is 65.1 Å². The summed E-state index contributed by atoms with van der Waals surface area (Å²) in [5.41, 5.74) is 1.05. The Morgan fingerprint density at radius 2 is 2.22 bits per heavy atom. The summed E-state index contributed by atoms with van der Waals surface area (Å²) in [7, 11) is 1.79. The average Bonchev–Trinajstić information content (AvgIpc) is 2.85. The van der Waals surface area contributed by atoms with Gasteiger partial charge in [-0.05, 0) is 18.4 Å². The van der Waals surface area contributed by atoms with Crippen LogP contribution < -0.4 is 10.6 Å². The van der Waals surface area contributed by atoms with E-state index in [9.17, 15) is 0 Å². The molecule has 102 valence electrons. The Morgan fingerprint density at radius 1 is 1.39 bits per heavy atom. The molecule has 0 saturated heterocycles. The number of aliphatic imine (C=N–C) groups is 1. The zero-order chi connectivity index (χ0) is 13.2. The number of aromatic nitrogens is 2. The number of hydrogen-bond acceptors (Lipinski definition) is 2. The van der Waals surface area contributed by atoms with Gasteiger partial charge in [0, 0.05) is 19.8 Å². The van der Waals surface area contributed by atoms with Crippen molar-refractivity contribution >= 4 is 5.96 Å². The molecule has 1 heterocycles. The molecule has 0 amide bonds. The molecule has 0 bridgehead atoms. The minimum Gasteiger partial charge on any atom is -0.356 e. The van der Waals surface area contributed by atoms with Crippen molar-refractivity contribution in [2.75, 3.05) is 13.6 Å². The third kappa shape index (κ3) is 6.27. The summed E-state index contributed by atoms with van der Waals surface area (Å²) in [4.78, 5) is 4.18. The Balaban J connectivity index is 2.10. The number of rotatable bonds is 7. The van der Waals surface area contributed by atoms with E-state index in [1.54, 1.807) is 13.2 Å². The maximum atomic E-state index is 4.18. The number of aromatic amines is 1. The van der Waals surface area contributed by atoms with E-state index >= 15 is 0 Å². The summed E-state index contributed by atoms with van der Waals surface area (Å²) < 4.78 is 0. The Hall–Kier alpha value is -1.52. The first-order chi connectivity index (χ1) is 8.72. The van der Waals surface area contributed by atoms with Crippen LogP contribution in [0.2, 0.25) is 0 Å². The van der Waals surface area contributed by atoms with Gasteiger partial charge in [-0.2, -0.15) is 5.10 Å². The van der Waals surface area contributed by atoms with Crippen LogP contribution in [0.15, 0.2) is 17.3 Å². The molecule has 0 aliphatic heterocycles. The van der Waals surface area contributed by atoms with Gasteiger partial charge in [-0.15, -0.1) is 0 Å². The van der Waals surface area contributed by atoms with Crippen molar-refractivity contribution in [2.24, 2.45) is 10.9 Å². The molecule has 0 saturated carbocycles. The number of nitrogens with zero attached hydrogens (tertiary/aromatic N) is 2. The van der Waals surface area contributed by atoms with Gasteiger partial charge in [-0.1, -0.05) is 26.7 Å². The normalized spacial score (nSPS) is 11.9. The van der Waals surface area contributed by atoms with E-state index in [0.29, 0.717) is 6.54 Å². The van der Waals surface area contributed by atoms with Crippen LogP contribution >= 0.6 is 0 Å². The first-order valence-corrected chi connectivity index (χ1v) is 6.65. The van der Waals surface area contributed by atoms with Gasteiger partial charge in [0.2, 0.25) is 0 Å². The third-order valence-corrected chi connectivity index (χ3v) is 2.73. The van der Waals surface area contributed by atoms with Crippen LogP contribution in [0.5, 0.6) is 0 Å². The van der Waals surface area contributed by atoms with Gasteiger partial charge in [0.15, 0.2) is 5.96 Å². The van der Waals surface area contributed by atoms with Crippen LogP contribution in [0.1, 0.15) is 38.8 Å². The van der Waals surface area contributed by atoms with Crippen LogP contribution in [-0.4, -0.2) is 29.7 Å². The predicted octanol–water partition coefficient (Wildman–Crippen LogP) is 1.90. The Kier molecular flexibility index (Phi) is 6.91. The van der Waals surface area contributed by atoms with Crippen LogP contribution in [0, 0.1) is 5.92 Å². The fourth-order valence-electron chi connectivity index (χ4n) is 1.67. The number of guanidine groups is 1. The Labute approximate surface area is 109 Å². The van der Waals surface area contributed by atoms with Crippen molar-refractivity contribution in [2.45, 2.75) is 39.7 Å². The summed E-state index contributed by atoms with van der Waals surface area (Å²) in [6.45, 7) is 6.21. The van der Waals surface area contributed by atoms with Gasteiger partial charge in [0.25, 0.3) is 0 Å². The SMILES string of the molecule is CN=C(NCCCCC(C)C)NCc1ccn[nH]1. The van der Waals surface area contributed by atoms with Crippen LogP contribution in [0.3, 0.4) is 0 Å². The van der Waals surface area contributed by atoms with Crippen molar-refractivity contribution in [1.29, 1.82) is 0 Å². The maximum absolute atomic E-state index is 4.18. The fourth-order valence-corrected chi connectivity index (χ4v) is 1.67. The highest BCUT2D eigenvalue weighted by Gasteiger charge is 1.99. The molecule has 1 rings (SSSR count). The van der Waals surface area contributed by atoms with Gasteiger partial charge in [0.05, 0.1) is 12.2 Å². The lowest BCUT2D eigenvalue weighted by molar-refractivity contribution is 0.534. The molecule has 0 atom stereocenters. The number of unbranched alkanes of at least 4 members (excludes halogenated alkanes) is 1. The molecule has 5 nitrogen and oxygen atoms in total. The minimum absolute atomic E-state index is 0.714. The number of nitrogens with one attached hydrogen (secondary N) is 3. The summed E-state index contributed by atoms with van der Waals surface area (Å²) >= 11 is 0. The second kappa shape index (κ2) is 8.55. The standard InChI is InChI=1S/C13H25N5/c1-11(2)6-4-5-8-15-13(14-3)16-10-12-7-9-17-18-12/h7,9,11H,4-6,8,10H2,1-3H3,(H,17,18)(H2,14,15,16). The van der Waals surface area contributed by atoms with Crippen LogP contribution in [0.25, 0.3) is 0 Å². The highest BCUT2D eigenvalue weighted by Crippen LogP contribution is 2.04. The number of H-pyrrole nitrogens is 1. The van der Waals surface area contributed by atoms with Crippen molar-refractivity contribution in [3.63, 3.8) is 0 Å². The van der Waals surface area contributed by atoms with E-state index in [4.69, 9.17) is 0 Å². The highest BCUT2D eigenvalue weighted by atomic mass is 15.2. The van der Waals surface area contributed by atoms with Gasteiger partial charge in [-0.3, -0.25) is 10.1 Å². The second-order valence-electron chi connectivity index (χ2n) is 4.82. The third-order valence-electron chi connectivity index (χ3n) is 2.73. The average molecular weight is 251 g/mol. The minimum atomic E-state index is 0.714. The molecule has 1 aromatic heterocycles. The van der Waals surface area contributed by atoms with E-state index in [2.05, 4.69) is 39.7 Å².